The largest absolute Gasteiger partial charge is 0.345 e. The molecule has 21 heavy (non-hydrogen) atoms. The second-order valence-electron chi connectivity index (χ2n) is 7.11. The van der Waals surface area contributed by atoms with E-state index in [1.807, 2.05) is 6.20 Å². The number of aryl methyl sites for hydroxylation is 1. The second kappa shape index (κ2) is 5.64. The number of imidazole rings is 1. The normalized spacial score (nSPS) is 18.5. The molecule has 1 heterocycles. The summed E-state index contributed by atoms with van der Waals surface area (Å²) in [6.07, 6.45) is 5.44. The lowest BCUT2D eigenvalue weighted by Gasteiger charge is -2.23. The highest BCUT2D eigenvalue weighted by molar-refractivity contribution is 5.31. The Hall–Kier alpha value is -1.61. The van der Waals surface area contributed by atoms with Gasteiger partial charge < -0.3 is 10.3 Å². The molecule has 112 valence electrons. The van der Waals surface area contributed by atoms with Crippen LogP contribution < -0.4 is 5.32 Å². The smallest absolute Gasteiger partial charge is 0.109 e. The molecule has 2 aromatic rings. The Morgan fingerprint density at radius 1 is 1.24 bits per heavy atom. The number of aromatic amines is 1. The molecule has 0 saturated heterocycles. The molecule has 1 atom stereocenters. The third-order valence-electron chi connectivity index (χ3n) is 4.19. The number of rotatable bonds is 3. The summed E-state index contributed by atoms with van der Waals surface area (Å²) in [5.74, 6) is 1.68. The summed E-state index contributed by atoms with van der Waals surface area (Å²) in [5, 5.41) is 3.50. The number of H-pyrrole nitrogens is 1. The van der Waals surface area contributed by atoms with E-state index in [0.717, 1.165) is 25.2 Å². The van der Waals surface area contributed by atoms with Gasteiger partial charge in [0.05, 0.1) is 0 Å². The maximum absolute atomic E-state index is 4.62. The molecular weight excluding hydrogens is 258 g/mol. The molecule has 1 aliphatic rings. The monoisotopic (exact) mass is 283 g/mol. The van der Waals surface area contributed by atoms with E-state index in [4.69, 9.17) is 0 Å². The molecule has 3 rings (SSSR count). The molecule has 1 aromatic carbocycles. The van der Waals surface area contributed by atoms with Crippen molar-refractivity contribution in [1.82, 2.24) is 15.3 Å². The van der Waals surface area contributed by atoms with E-state index in [1.165, 1.54) is 23.2 Å². The quantitative estimate of drug-likeness (QED) is 0.904. The molecule has 0 aliphatic heterocycles. The average Bonchev–Trinajstić information content (AvgIpc) is 2.93. The molecule has 0 amide bonds. The van der Waals surface area contributed by atoms with Crippen LogP contribution in [0.4, 0.5) is 0 Å². The van der Waals surface area contributed by atoms with Gasteiger partial charge >= 0.3 is 0 Å². The van der Waals surface area contributed by atoms with Crippen LogP contribution >= 0.6 is 0 Å². The maximum atomic E-state index is 4.62. The minimum absolute atomic E-state index is 0.134. The molecule has 0 saturated carbocycles. The summed E-state index contributed by atoms with van der Waals surface area (Å²) in [6, 6.07) is 8.79. The first-order valence-corrected chi connectivity index (χ1v) is 7.87. The molecule has 3 nitrogen and oxygen atoms in total. The predicted molar refractivity (Wildman–Crippen MR) is 86.4 cm³/mol. The summed E-state index contributed by atoms with van der Waals surface area (Å²) < 4.78 is 0. The van der Waals surface area contributed by atoms with Gasteiger partial charge in [-0.3, -0.25) is 0 Å². The van der Waals surface area contributed by atoms with Crippen molar-refractivity contribution < 1.29 is 0 Å². The molecule has 0 fully saturated rings. The predicted octanol–water partition coefficient (Wildman–Crippen LogP) is 3.57. The first kappa shape index (κ1) is 14.3. The lowest BCUT2D eigenvalue weighted by atomic mass is 9.83. The first-order valence-electron chi connectivity index (χ1n) is 7.87. The third-order valence-corrected chi connectivity index (χ3v) is 4.19. The van der Waals surface area contributed by atoms with Gasteiger partial charge in [-0.15, -0.1) is 0 Å². The van der Waals surface area contributed by atoms with E-state index in [0.29, 0.717) is 5.92 Å². The van der Waals surface area contributed by atoms with Crippen molar-refractivity contribution in [2.45, 2.75) is 58.0 Å². The van der Waals surface area contributed by atoms with Crippen LogP contribution in [-0.4, -0.2) is 15.5 Å². The van der Waals surface area contributed by atoms with E-state index in [-0.39, 0.29) is 5.54 Å². The summed E-state index contributed by atoms with van der Waals surface area (Å²) in [5.41, 5.74) is 4.31. The van der Waals surface area contributed by atoms with Crippen LogP contribution in [0, 0.1) is 0 Å². The maximum Gasteiger partial charge on any atom is 0.109 e. The number of benzene rings is 1. The summed E-state index contributed by atoms with van der Waals surface area (Å²) in [6.45, 7) is 7.40. The first-order chi connectivity index (χ1) is 10.0. The van der Waals surface area contributed by atoms with Crippen LogP contribution in [0.3, 0.4) is 0 Å². The summed E-state index contributed by atoms with van der Waals surface area (Å²) >= 11 is 0. The Morgan fingerprint density at radius 3 is 2.76 bits per heavy atom. The number of nitrogens with zero attached hydrogens (tertiary/aromatic N) is 1. The highest BCUT2D eigenvalue weighted by Crippen LogP contribution is 2.31. The molecule has 0 spiro atoms. The zero-order valence-corrected chi connectivity index (χ0v) is 13.2. The third kappa shape index (κ3) is 3.53. The Balaban J connectivity index is 1.67. The Kier molecular flexibility index (Phi) is 3.85. The zero-order chi connectivity index (χ0) is 14.9. The lowest BCUT2D eigenvalue weighted by molar-refractivity contribution is 0.421. The fourth-order valence-corrected chi connectivity index (χ4v) is 2.97. The van der Waals surface area contributed by atoms with E-state index < -0.39 is 0 Å². The summed E-state index contributed by atoms with van der Waals surface area (Å²) in [4.78, 5) is 8.13. The fourth-order valence-electron chi connectivity index (χ4n) is 2.97. The molecule has 3 heteroatoms. The van der Waals surface area contributed by atoms with Gasteiger partial charge in [-0.1, -0.05) is 24.3 Å². The molecule has 0 bridgehead atoms. The van der Waals surface area contributed by atoms with E-state index in [2.05, 4.69) is 60.3 Å². The highest BCUT2D eigenvalue weighted by atomic mass is 15.0. The van der Waals surface area contributed by atoms with Gasteiger partial charge in [0.1, 0.15) is 5.82 Å². The van der Waals surface area contributed by atoms with Gasteiger partial charge in [-0.25, -0.2) is 4.98 Å². The SMILES string of the molecule is CC(C)(C)NCc1cnc(C2CCc3ccccc3C2)[nH]1. The zero-order valence-electron chi connectivity index (χ0n) is 13.2. The number of hydrogen-bond acceptors (Lipinski definition) is 2. The molecule has 2 N–H and O–H groups in total. The van der Waals surface area contributed by atoms with Crippen molar-refractivity contribution in [1.29, 1.82) is 0 Å². The Bertz CT molecular complexity index is 607. The fraction of sp³-hybridized carbons (Fsp3) is 0.500. The van der Waals surface area contributed by atoms with Crippen LogP contribution in [0.1, 0.15) is 55.8 Å². The summed E-state index contributed by atoms with van der Waals surface area (Å²) in [7, 11) is 0. The van der Waals surface area contributed by atoms with Crippen LogP contribution in [0.5, 0.6) is 0 Å². The number of aromatic nitrogens is 2. The number of hydrogen-bond donors (Lipinski definition) is 2. The van der Waals surface area contributed by atoms with Crippen LogP contribution in [0.15, 0.2) is 30.5 Å². The molecular formula is C18H25N3. The molecule has 1 unspecified atom stereocenters. The average molecular weight is 283 g/mol. The van der Waals surface area contributed by atoms with Crippen LogP contribution in [-0.2, 0) is 19.4 Å². The molecule has 0 radical (unpaired) electrons. The second-order valence-corrected chi connectivity index (χ2v) is 7.11. The molecule has 1 aliphatic carbocycles. The number of nitrogens with one attached hydrogen (secondary N) is 2. The van der Waals surface area contributed by atoms with Gasteiger partial charge in [-0.05, 0) is 51.2 Å². The Morgan fingerprint density at radius 2 is 2.00 bits per heavy atom. The van der Waals surface area contributed by atoms with E-state index >= 15 is 0 Å². The van der Waals surface area contributed by atoms with E-state index in [1.54, 1.807) is 0 Å². The Labute approximate surface area is 127 Å². The van der Waals surface area contributed by atoms with E-state index in [9.17, 15) is 0 Å². The van der Waals surface area contributed by atoms with Crippen molar-refractivity contribution in [3.63, 3.8) is 0 Å². The minimum Gasteiger partial charge on any atom is -0.345 e. The van der Waals surface area contributed by atoms with Crippen molar-refractivity contribution in [3.05, 3.63) is 53.1 Å². The van der Waals surface area contributed by atoms with Crippen molar-refractivity contribution in [2.75, 3.05) is 0 Å². The minimum atomic E-state index is 0.134. The van der Waals surface area contributed by atoms with Crippen LogP contribution in [0.2, 0.25) is 0 Å². The standard InChI is InChI=1S/C18H25N3/c1-18(2,3)20-12-16-11-19-17(21-16)15-9-8-13-6-4-5-7-14(13)10-15/h4-7,11,15,20H,8-10,12H2,1-3H3,(H,19,21). The molecule has 1 aromatic heterocycles. The van der Waals surface area contributed by atoms with Gasteiger partial charge in [0.15, 0.2) is 0 Å². The van der Waals surface area contributed by atoms with Crippen molar-refractivity contribution in [2.24, 2.45) is 0 Å². The lowest BCUT2D eigenvalue weighted by Crippen LogP contribution is -2.35. The van der Waals surface area contributed by atoms with Crippen molar-refractivity contribution in [3.8, 4) is 0 Å². The van der Waals surface area contributed by atoms with Crippen LogP contribution in [0.25, 0.3) is 0 Å². The van der Waals surface area contributed by atoms with Gasteiger partial charge in [0, 0.05) is 29.9 Å². The topological polar surface area (TPSA) is 40.7 Å². The van der Waals surface area contributed by atoms with Crippen molar-refractivity contribution >= 4 is 0 Å². The van der Waals surface area contributed by atoms with Gasteiger partial charge in [0.2, 0.25) is 0 Å². The van der Waals surface area contributed by atoms with Gasteiger partial charge in [0.25, 0.3) is 0 Å². The highest BCUT2D eigenvalue weighted by Gasteiger charge is 2.22. The van der Waals surface area contributed by atoms with Gasteiger partial charge in [-0.2, -0.15) is 0 Å². The number of fused-ring (bicyclic) bond motifs is 1.